The molecule has 1 aliphatic rings. The molecule has 1 saturated carbocycles. The van der Waals surface area contributed by atoms with Gasteiger partial charge >= 0.3 is 0 Å². The van der Waals surface area contributed by atoms with Crippen molar-refractivity contribution >= 4 is 0 Å². The first-order valence-electron chi connectivity index (χ1n) is 6.25. The minimum atomic E-state index is -0.489. The zero-order chi connectivity index (χ0) is 12.4. The Hall–Kier alpha value is -0.960. The first-order chi connectivity index (χ1) is 8.06. The van der Waals surface area contributed by atoms with E-state index >= 15 is 0 Å². The highest BCUT2D eigenvalue weighted by Gasteiger charge is 2.24. The molecule has 94 valence electrons. The number of hydrogen-bond donors (Lipinski definition) is 1. The highest BCUT2D eigenvalue weighted by Crippen LogP contribution is 2.27. The van der Waals surface area contributed by atoms with Gasteiger partial charge in [0, 0.05) is 18.7 Å². The molecule has 17 heavy (non-hydrogen) atoms. The van der Waals surface area contributed by atoms with Crippen LogP contribution in [0.15, 0.2) is 18.2 Å². The van der Waals surface area contributed by atoms with Gasteiger partial charge in [0.2, 0.25) is 0 Å². The van der Waals surface area contributed by atoms with Gasteiger partial charge < -0.3 is 5.32 Å². The molecule has 0 bridgehead atoms. The standard InChI is InChI=1S/C14H19F2N/c1-9(2)14(8-17-13-3-4-13)10-5-11(15)7-12(16)6-10/h5-7,9,13-14,17H,3-4,8H2,1-2H3. The second kappa shape index (κ2) is 5.13. The van der Waals surface area contributed by atoms with Gasteiger partial charge in [0.25, 0.3) is 0 Å². The smallest absolute Gasteiger partial charge is 0.126 e. The minimum absolute atomic E-state index is 0.167. The van der Waals surface area contributed by atoms with Gasteiger partial charge in [-0.1, -0.05) is 13.8 Å². The number of rotatable bonds is 5. The lowest BCUT2D eigenvalue weighted by Gasteiger charge is -2.22. The van der Waals surface area contributed by atoms with Crippen molar-refractivity contribution in [2.45, 2.75) is 38.6 Å². The lowest BCUT2D eigenvalue weighted by Crippen LogP contribution is -2.26. The van der Waals surface area contributed by atoms with Crippen molar-refractivity contribution in [3.8, 4) is 0 Å². The molecule has 2 rings (SSSR count). The SMILES string of the molecule is CC(C)C(CNC1CC1)c1cc(F)cc(F)c1. The van der Waals surface area contributed by atoms with Crippen LogP contribution in [0.5, 0.6) is 0 Å². The Morgan fingerprint density at radius 3 is 2.24 bits per heavy atom. The van der Waals surface area contributed by atoms with Gasteiger partial charge in [-0.05, 0) is 42.4 Å². The summed E-state index contributed by atoms with van der Waals surface area (Å²) in [6.45, 7) is 4.97. The molecule has 1 nitrogen and oxygen atoms in total. The Morgan fingerprint density at radius 1 is 1.18 bits per heavy atom. The van der Waals surface area contributed by atoms with E-state index in [4.69, 9.17) is 0 Å². The van der Waals surface area contributed by atoms with Gasteiger partial charge in [-0.2, -0.15) is 0 Å². The molecule has 1 unspecified atom stereocenters. The number of halogens is 2. The van der Waals surface area contributed by atoms with Crippen LogP contribution >= 0.6 is 0 Å². The molecule has 0 saturated heterocycles. The second-order valence-corrected chi connectivity index (χ2v) is 5.24. The zero-order valence-electron chi connectivity index (χ0n) is 10.3. The monoisotopic (exact) mass is 239 g/mol. The van der Waals surface area contributed by atoms with E-state index in [0.29, 0.717) is 12.0 Å². The Morgan fingerprint density at radius 2 is 1.76 bits per heavy atom. The van der Waals surface area contributed by atoms with E-state index in [1.807, 2.05) is 0 Å². The third-order valence-corrected chi connectivity index (χ3v) is 3.32. The predicted molar refractivity (Wildman–Crippen MR) is 65.0 cm³/mol. The number of benzene rings is 1. The predicted octanol–water partition coefficient (Wildman–Crippen LogP) is 3.46. The topological polar surface area (TPSA) is 12.0 Å². The Labute approximate surface area is 101 Å². The molecule has 0 aliphatic heterocycles. The third kappa shape index (κ3) is 3.50. The number of hydrogen-bond acceptors (Lipinski definition) is 1. The van der Waals surface area contributed by atoms with Crippen molar-refractivity contribution in [1.29, 1.82) is 0 Å². The molecule has 1 aliphatic carbocycles. The van der Waals surface area contributed by atoms with Crippen LogP contribution in [0.4, 0.5) is 8.78 Å². The summed E-state index contributed by atoms with van der Waals surface area (Å²) >= 11 is 0. The molecule has 0 radical (unpaired) electrons. The van der Waals surface area contributed by atoms with Crippen molar-refractivity contribution in [3.63, 3.8) is 0 Å². The van der Waals surface area contributed by atoms with Crippen molar-refractivity contribution < 1.29 is 8.78 Å². The molecule has 1 aromatic carbocycles. The van der Waals surface area contributed by atoms with Crippen LogP contribution in [-0.2, 0) is 0 Å². The lowest BCUT2D eigenvalue weighted by molar-refractivity contribution is 0.455. The van der Waals surface area contributed by atoms with Crippen molar-refractivity contribution in [1.82, 2.24) is 5.32 Å². The fourth-order valence-corrected chi connectivity index (χ4v) is 2.11. The maximum absolute atomic E-state index is 13.2. The van der Waals surface area contributed by atoms with Gasteiger partial charge in [0.15, 0.2) is 0 Å². The van der Waals surface area contributed by atoms with E-state index in [9.17, 15) is 8.78 Å². The lowest BCUT2D eigenvalue weighted by atomic mass is 9.88. The van der Waals surface area contributed by atoms with Crippen molar-refractivity contribution in [3.05, 3.63) is 35.4 Å². The molecule has 3 heteroatoms. The average Bonchev–Trinajstić information content (AvgIpc) is 2.99. The highest BCUT2D eigenvalue weighted by atomic mass is 19.1. The van der Waals surface area contributed by atoms with Gasteiger partial charge in [-0.25, -0.2) is 8.78 Å². The molecular weight excluding hydrogens is 220 g/mol. The van der Waals surface area contributed by atoms with E-state index < -0.39 is 11.6 Å². The van der Waals surface area contributed by atoms with E-state index in [-0.39, 0.29) is 5.92 Å². The van der Waals surface area contributed by atoms with E-state index in [2.05, 4.69) is 19.2 Å². The van der Waals surface area contributed by atoms with Crippen LogP contribution in [-0.4, -0.2) is 12.6 Å². The summed E-state index contributed by atoms with van der Waals surface area (Å²) in [6, 6.07) is 4.44. The molecular formula is C14H19F2N. The first-order valence-corrected chi connectivity index (χ1v) is 6.25. The fourth-order valence-electron chi connectivity index (χ4n) is 2.11. The summed E-state index contributed by atoms with van der Waals surface area (Å²) in [5, 5.41) is 3.43. The molecule has 1 aromatic rings. The Bertz CT molecular complexity index is 366. The van der Waals surface area contributed by atoms with Crippen molar-refractivity contribution in [2.75, 3.05) is 6.54 Å². The quantitative estimate of drug-likeness (QED) is 0.829. The normalized spacial score (nSPS) is 17.5. The highest BCUT2D eigenvalue weighted by molar-refractivity contribution is 5.23. The Balaban J connectivity index is 2.12. The summed E-state index contributed by atoms with van der Waals surface area (Å²) in [6.07, 6.45) is 2.45. The van der Waals surface area contributed by atoms with Gasteiger partial charge in [-0.15, -0.1) is 0 Å². The van der Waals surface area contributed by atoms with Crippen LogP contribution in [0.1, 0.15) is 38.2 Å². The summed E-state index contributed by atoms with van der Waals surface area (Å²) < 4.78 is 26.4. The Kier molecular flexibility index (Phi) is 3.77. The minimum Gasteiger partial charge on any atom is -0.313 e. The van der Waals surface area contributed by atoms with Crippen molar-refractivity contribution in [2.24, 2.45) is 5.92 Å². The van der Waals surface area contributed by atoms with E-state index in [0.717, 1.165) is 18.2 Å². The average molecular weight is 239 g/mol. The van der Waals surface area contributed by atoms with E-state index in [1.54, 1.807) is 0 Å². The summed E-state index contributed by atoms with van der Waals surface area (Å²) in [5.41, 5.74) is 0.755. The van der Waals surface area contributed by atoms with E-state index in [1.165, 1.54) is 25.0 Å². The van der Waals surface area contributed by atoms with Crippen LogP contribution in [0.3, 0.4) is 0 Å². The fraction of sp³-hybridized carbons (Fsp3) is 0.571. The molecule has 0 amide bonds. The van der Waals surface area contributed by atoms with Crippen LogP contribution in [0, 0.1) is 17.6 Å². The molecule has 1 N–H and O–H groups in total. The molecule has 0 heterocycles. The molecule has 0 spiro atoms. The maximum Gasteiger partial charge on any atom is 0.126 e. The van der Waals surface area contributed by atoms with Crippen LogP contribution in [0.25, 0.3) is 0 Å². The first kappa shape index (κ1) is 12.5. The zero-order valence-corrected chi connectivity index (χ0v) is 10.3. The van der Waals surface area contributed by atoms with Crippen LogP contribution in [0.2, 0.25) is 0 Å². The third-order valence-electron chi connectivity index (χ3n) is 3.32. The molecule has 0 aromatic heterocycles. The maximum atomic E-state index is 13.2. The van der Waals surface area contributed by atoms with Gasteiger partial charge in [0.1, 0.15) is 11.6 Å². The molecule has 1 atom stereocenters. The molecule has 1 fully saturated rings. The summed E-state index contributed by atoms with van der Waals surface area (Å²) in [5.74, 6) is -0.447. The second-order valence-electron chi connectivity index (χ2n) is 5.24. The van der Waals surface area contributed by atoms with Gasteiger partial charge in [-0.3, -0.25) is 0 Å². The summed E-state index contributed by atoms with van der Waals surface area (Å²) in [4.78, 5) is 0. The summed E-state index contributed by atoms with van der Waals surface area (Å²) in [7, 11) is 0. The van der Waals surface area contributed by atoms with Crippen LogP contribution < -0.4 is 5.32 Å². The number of nitrogens with one attached hydrogen (secondary N) is 1. The van der Waals surface area contributed by atoms with Gasteiger partial charge in [0.05, 0.1) is 0 Å². The largest absolute Gasteiger partial charge is 0.313 e.